The predicted molar refractivity (Wildman–Crippen MR) is 92.7 cm³/mol. The highest BCUT2D eigenvalue weighted by atomic mass is 16.5. The fraction of sp³-hybridized carbons (Fsp3) is 0.412. The SMILES string of the molecule is Cc1cn(C)c(=O)n(-c2ccc(CC(N)C(=O)OC(C)C)cn2)c1=O. The fourth-order valence-electron chi connectivity index (χ4n) is 2.35. The van der Waals surface area contributed by atoms with Crippen molar-refractivity contribution in [1.29, 1.82) is 0 Å². The molecule has 0 amide bonds. The van der Waals surface area contributed by atoms with E-state index in [9.17, 15) is 14.4 Å². The summed E-state index contributed by atoms with van der Waals surface area (Å²) < 4.78 is 7.39. The van der Waals surface area contributed by atoms with E-state index in [1.807, 2.05) is 0 Å². The minimum atomic E-state index is -0.801. The number of esters is 1. The minimum absolute atomic E-state index is 0.219. The zero-order valence-corrected chi connectivity index (χ0v) is 14.7. The molecule has 2 rings (SSSR count). The van der Waals surface area contributed by atoms with E-state index >= 15 is 0 Å². The second-order valence-electron chi connectivity index (χ2n) is 6.17. The van der Waals surface area contributed by atoms with Gasteiger partial charge in [-0.1, -0.05) is 6.07 Å². The van der Waals surface area contributed by atoms with E-state index in [0.29, 0.717) is 11.1 Å². The molecule has 0 bridgehead atoms. The number of rotatable bonds is 5. The number of hydrogen-bond donors (Lipinski definition) is 1. The maximum atomic E-state index is 12.2. The Morgan fingerprint density at radius 1 is 1.32 bits per heavy atom. The van der Waals surface area contributed by atoms with Gasteiger partial charge in [-0.05, 0) is 38.8 Å². The third-order valence-corrected chi connectivity index (χ3v) is 3.57. The summed E-state index contributed by atoms with van der Waals surface area (Å²) in [5.41, 5.74) is 6.07. The monoisotopic (exact) mass is 346 g/mol. The first-order valence-corrected chi connectivity index (χ1v) is 7.91. The Balaban J connectivity index is 2.26. The van der Waals surface area contributed by atoms with E-state index in [0.717, 1.165) is 4.57 Å². The van der Waals surface area contributed by atoms with Crippen molar-refractivity contribution in [3.8, 4) is 5.82 Å². The molecule has 2 aromatic heterocycles. The molecule has 0 saturated carbocycles. The van der Waals surface area contributed by atoms with Crippen LogP contribution < -0.4 is 17.0 Å². The van der Waals surface area contributed by atoms with Crippen LogP contribution in [0, 0.1) is 6.92 Å². The molecular formula is C17H22N4O4. The Labute approximate surface area is 144 Å². The summed E-state index contributed by atoms with van der Waals surface area (Å²) in [5.74, 6) is -0.265. The largest absolute Gasteiger partial charge is 0.462 e. The molecule has 1 unspecified atom stereocenters. The van der Waals surface area contributed by atoms with Gasteiger partial charge in [0.05, 0.1) is 6.10 Å². The second-order valence-corrected chi connectivity index (χ2v) is 6.17. The third-order valence-electron chi connectivity index (χ3n) is 3.57. The molecule has 134 valence electrons. The average Bonchev–Trinajstić information content (AvgIpc) is 2.54. The van der Waals surface area contributed by atoms with E-state index < -0.39 is 23.3 Å². The van der Waals surface area contributed by atoms with Crippen molar-refractivity contribution in [3.05, 3.63) is 56.5 Å². The Morgan fingerprint density at radius 2 is 2.00 bits per heavy atom. The quantitative estimate of drug-likeness (QED) is 0.767. The third kappa shape index (κ3) is 4.21. The van der Waals surface area contributed by atoms with Gasteiger partial charge in [0, 0.05) is 25.0 Å². The molecule has 2 heterocycles. The fourth-order valence-corrected chi connectivity index (χ4v) is 2.35. The normalized spacial score (nSPS) is 12.2. The lowest BCUT2D eigenvalue weighted by Crippen LogP contribution is -2.39. The molecule has 1 atom stereocenters. The molecular weight excluding hydrogens is 324 g/mol. The summed E-state index contributed by atoms with van der Waals surface area (Å²) in [7, 11) is 1.57. The average molecular weight is 346 g/mol. The molecule has 0 aromatic carbocycles. The summed E-state index contributed by atoms with van der Waals surface area (Å²) in [6, 6.07) is 2.43. The van der Waals surface area contributed by atoms with Crippen LogP contribution in [-0.4, -0.2) is 32.2 Å². The number of carbonyl (C=O) groups excluding carboxylic acids is 1. The number of aryl methyl sites for hydroxylation is 2. The van der Waals surface area contributed by atoms with Crippen LogP contribution in [-0.2, 0) is 23.0 Å². The van der Waals surface area contributed by atoms with Crippen molar-refractivity contribution in [2.45, 2.75) is 39.3 Å². The number of hydrogen-bond acceptors (Lipinski definition) is 6. The highest BCUT2D eigenvalue weighted by Gasteiger charge is 2.17. The van der Waals surface area contributed by atoms with Crippen molar-refractivity contribution >= 4 is 5.97 Å². The smallest absolute Gasteiger partial charge is 0.336 e. The van der Waals surface area contributed by atoms with Crippen LogP contribution in [0.1, 0.15) is 25.0 Å². The van der Waals surface area contributed by atoms with Gasteiger partial charge in [-0.2, -0.15) is 0 Å². The van der Waals surface area contributed by atoms with Gasteiger partial charge >= 0.3 is 11.7 Å². The molecule has 8 heteroatoms. The standard InChI is InChI=1S/C17H22N4O4/c1-10(2)25-16(23)13(18)7-12-5-6-14(19-8-12)21-15(22)11(3)9-20(4)17(21)24/h5-6,8-10,13H,7,18H2,1-4H3. The summed E-state index contributed by atoms with van der Waals surface area (Å²) in [6.07, 6.45) is 2.99. The van der Waals surface area contributed by atoms with Crippen molar-refractivity contribution in [3.63, 3.8) is 0 Å². The Kier molecular flexibility index (Phi) is 5.53. The van der Waals surface area contributed by atoms with Crippen LogP contribution in [0.25, 0.3) is 5.82 Å². The van der Waals surface area contributed by atoms with Gasteiger partial charge in [-0.25, -0.2) is 14.3 Å². The first kappa shape index (κ1) is 18.6. The topological polar surface area (TPSA) is 109 Å². The molecule has 0 radical (unpaired) electrons. The summed E-state index contributed by atoms with van der Waals surface area (Å²) in [6.45, 7) is 5.13. The molecule has 2 aromatic rings. The lowest BCUT2D eigenvalue weighted by Gasteiger charge is -2.14. The van der Waals surface area contributed by atoms with Crippen molar-refractivity contribution in [2.75, 3.05) is 0 Å². The van der Waals surface area contributed by atoms with E-state index in [1.165, 1.54) is 17.0 Å². The van der Waals surface area contributed by atoms with Gasteiger partial charge in [0.15, 0.2) is 0 Å². The number of nitrogens with zero attached hydrogens (tertiary/aromatic N) is 3. The van der Waals surface area contributed by atoms with Crippen molar-refractivity contribution in [1.82, 2.24) is 14.1 Å². The number of ether oxygens (including phenoxy) is 1. The van der Waals surface area contributed by atoms with E-state index in [4.69, 9.17) is 10.5 Å². The highest BCUT2D eigenvalue weighted by molar-refractivity contribution is 5.76. The van der Waals surface area contributed by atoms with Gasteiger partial charge in [0.1, 0.15) is 11.9 Å². The van der Waals surface area contributed by atoms with Crippen LogP contribution in [0.15, 0.2) is 34.1 Å². The number of carbonyl (C=O) groups is 1. The number of pyridine rings is 1. The molecule has 0 fully saturated rings. The van der Waals surface area contributed by atoms with Gasteiger partial charge in [0.25, 0.3) is 5.56 Å². The highest BCUT2D eigenvalue weighted by Crippen LogP contribution is 2.06. The number of nitrogens with two attached hydrogens (primary N) is 1. The van der Waals surface area contributed by atoms with Gasteiger partial charge in [-0.3, -0.25) is 9.59 Å². The number of aromatic nitrogens is 3. The van der Waals surface area contributed by atoms with Gasteiger partial charge in [-0.15, -0.1) is 0 Å². The predicted octanol–water partition coefficient (Wildman–Crippen LogP) is 0.0610. The first-order chi connectivity index (χ1) is 11.7. The van der Waals surface area contributed by atoms with Crippen LogP contribution >= 0.6 is 0 Å². The Morgan fingerprint density at radius 3 is 2.56 bits per heavy atom. The van der Waals surface area contributed by atoms with Crippen LogP contribution in [0.3, 0.4) is 0 Å². The lowest BCUT2D eigenvalue weighted by molar-refractivity contribution is -0.148. The summed E-state index contributed by atoms with van der Waals surface area (Å²) in [5, 5.41) is 0. The van der Waals surface area contributed by atoms with Crippen LogP contribution in [0.4, 0.5) is 0 Å². The summed E-state index contributed by atoms with van der Waals surface area (Å²) in [4.78, 5) is 40.3. The molecule has 2 N–H and O–H groups in total. The maximum absolute atomic E-state index is 12.2. The zero-order chi connectivity index (χ0) is 18.7. The zero-order valence-electron chi connectivity index (χ0n) is 14.7. The summed E-state index contributed by atoms with van der Waals surface area (Å²) >= 11 is 0. The Bertz CT molecular complexity index is 847. The molecule has 8 nitrogen and oxygen atoms in total. The van der Waals surface area contributed by atoms with Crippen molar-refractivity contribution < 1.29 is 9.53 Å². The Hall–Kier alpha value is -2.74. The molecule has 0 saturated heterocycles. The van der Waals surface area contributed by atoms with Crippen LogP contribution in [0.5, 0.6) is 0 Å². The van der Waals surface area contributed by atoms with E-state index in [2.05, 4.69) is 4.98 Å². The molecule has 0 spiro atoms. The van der Waals surface area contributed by atoms with Crippen LogP contribution in [0.2, 0.25) is 0 Å². The van der Waals surface area contributed by atoms with Gasteiger partial charge in [0.2, 0.25) is 0 Å². The minimum Gasteiger partial charge on any atom is -0.462 e. The van der Waals surface area contributed by atoms with Crippen molar-refractivity contribution in [2.24, 2.45) is 12.8 Å². The lowest BCUT2D eigenvalue weighted by atomic mass is 10.1. The molecule has 0 aliphatic rings. The second kappa shape index (κ2) is 7.43. The van der Waals surface area contributed by atoms with Gasteiger partial charge < -0.3 is 15.0 Å². The molecule has 0 aliphatic carbocycles. The molecule has 25 heavy (non-hydrogen) atoms. The first-order valence-electron chi connectivity index (χ1n) is 7.91. The maximum Gasteiger partial charge on any atom is 0.336 e. The van der Waals surface area contributed by atoms with E-state index in [-0.39, 0.29) is 18.3 Å². The van der Waals surface area contributed by atoms with E-state index in [1.54, 1.807) is 40.0 Å². The molecule has 0 aliphatic heterocycles.